The van der Waals surface area contributed by atoms with Crippen LogP contribution >= 0.6 is 0 Å². The van der Waals surface area contributed by atoms with Gasteiger partial charge in [0.15, 0.2) is 0 Å². The molecule has 0 amide bonds. The van der Waals surface area contributed by atoms with E-state index in [1.165, 1.54) is 22.6 Å². The van der Waals surface area contributed by atoms with Gasteiger partial charge in [0, 0.05) is 24.9 Å². The van der Waals surface area contributed by atoms with E-state index in [9.17, 15) is 0 Å². The van der Waals surface area contributed by atoms with Gasteiger partial charge in [-0.3, -0.25) is 0 Å². The van der Waals surface area contributed by atoms with E-state index in [1.54, 1.807) is 0 Å². The largest absolute Gasteiger partial charge is 0.335 e. The van der Waals surface area contributed by atoms with Crippen molar-refractivity contribution < 1.29 is 0 Å². The molecule has 0 aliphatic carbocycles. The number of aryl methyl sites for hydroxylation is 1. The fourth-order valence-corrected chi connectivity index (χ4v) is 2.60. The summed E-state index contributed by atoms with van der Waals surface area (Å²) >= 11 is 0. The lowest BCUT2D eigenvalue weighted by atomic mass is 9.95. The minimum atomic E-state index is 0.480. The van der Waals surface area contributed by atoms with E-state index in [1.807, 2.05) is 6.20 Å². The third-order valence-electron chi connectivity index (χ3n) is 3.76. The molecule has 0 radical (unpaired) electrons. The van der Waals surface area contributed by atoms with Crippen LogP contribution in [0.2, 0.25) is 0 Å². The molecule has 1 atom stereocenters. The van der Waals surface area contributed by atoms with Crippen molar-refractivity contribution in [3.05, 3.63) is 53.1 Å². The zero-order valence-electron chi connectivity index (χ0n) is 12.6. The third-order valence-corrected chi connectivity index (χ3v) is 3.76. The van der Waals surface area contributed by atoms with Crippen molar-refractivity contribution >= 4 is 0 Å². The summed E-state index contributed by atoms with van der Waals surface area (Å²) in [6.07, 6.45) is 3.07. The van der Waals surface area contributed by atoms with Crippen molar-refractivity contribution in [3.8, 4) is 0 Å². The maximum atomic E-state index is 4.54. The van der Waals surface area contributed by atoms with Crippen LogP contribution in [0.15, 0.2) is 30.5 Å². The maximum absolute atomic E-state index is 4.54. The summed E-state index contributed by atoms with van der Waals surface area (Å²) < 4.78 is 2.25. The Morgan fingerprint density at radius 3 is 2.53 bits per heavy atom. The summed E-state index contributed by atoms with van der Waals surface area (Å²) in [5.74, 6) is 2.18. The molecular formula is C17H24N2. The predicted octanol–water partition coefficient (Wildman–Crippen LogP) is 4.20. The van der Waals surface area contributed by atoms with Gasteiger partial charge in [0.25, 0.3) is 0 Å². The summed E-state index contributed by atoms with van der Waals surface area (Å²) in [7, 11) is 2.13. The molecule has 0 bridgehead atoms. The molecule has 0 aliphatic rings. The second-order valence-corrected chi connectivity index (χ2v) is 5.84. The number of aromatic nitrogens is 2. The highest BCUT2D eigenvalue weighted by molar-refractivity contribution is 5.26. The van der Waals surface area contributed by atoms with Crippen LogP contribution in [-0.4, -0.2) is 9.55 Å². The molecule has 2 nitrogen and oxygen atoms in total. The Hall–Kier alpha value is -1.57. The summed E-state index contributed by atoms with van der Waals surface area (Å²) in [6, 6.07) is 8.79. The molecule has 0 fully saturated rings. The van der Waals surface area contributed by atoms with Crippen molar-refractivity contribution in [3.63, 3.8) is 0 Å². The lowest BCUT2D eigenvalue weighted by Crippen LogP contribution is -2.07. The monoisotopic (exact) mass is 256 g/mol. The van der Waals surface area contributed by atoms with E-state index in [0.29, 0.717) is 11.8 Å². The Bertz CT molecular complexity index is 552. The first-order valence-corrected chi connectivity index (χ1v) is 7.06. The van der Waals surface area contributed by atoms with Crippen LogP contribution in [0.1, 0.15) is 55.3 Å². The Kier molecular flexibility index (Phi) is 4.08. The first-order chi connectivity index (χ1) is 8.99. The Morgan fingerprint density at radius 1 is 1.21 bits per heavy atom. The number of hydrogen-bond acceptors (Lipinski definition) is 1. The third kappa shape index (κ3) is 3.06. The molecule has 102 valence electrons. The van der Waals surface area contributed by atoms with Gasteiger partial charge in [-0.1, -0.05) is 50.6 Å². The van der Waals surface area contributed by atoms with E-state index in [4.69, 9.17) is 0 Å². The molecule has 0 N–H and O–H groups in total. The lowest BCUT2D eigenvalue weighted by molar-refractivity contribution is 0.657. The van der Waals surface area contributed by atoms with Gasteiger partial charge in [0.05, 0.1) is 0 Å². The van der Waals surface area contributed by atoms with Crippen LogP contribution in [0, 0.1) is 6.92 Å². The first-order valence-electron chi connectivity index (χ1n) is 7.06. The Labute approximate surface area is 116 Å². The Balaban J connectivity index is 2.17. The van der Waals surface area contributed by atoms with Gasteiger partial charge < -0.3 is 4.57 Å². The SMILES string of the molecule is Cc1cccc(C(C)Cc2cnc(C(C)C)n2C)c1. The average Bonchev–Trinajstić information content (AvgIpc) is 2.71. The highest BCUT2D eigenvalue weighted by Gasteiger charge is 2.13. The quantitative estimate of drug-likeness (QED) is 0.801. The molecule has 2 heteroatoms. The Morgan fingerprint density at radius 2 is 1.95 bits per heavy atom. The van der Waals surface area contributed by atoms with E-state index >= 15 is 0 Å². The second kappa shape index (κ2) is 5.60. The predicted molar refractivity (Wildman–Crippen MR) is 80.6 cm³/mol. The molecule has 19 heavy (non-hydrogen) atoms. The van der Waals surface area contributed by atoms with Crippen LogP contribution in [0.3, 0.4) is 0 Å². The highest BCUT2D eigenvalue weighted by Crippen LogP contribution is 2.23. The average molecular weight is 256 g/mol. The smallest absolute Gasteiger partial charge is 0.111 e. The summed E-state index contributed by atoms with van der Waals surface area (Å²) in [5, 5.41) is 0. The van der Waals surface area contributed by atoms with Crippen molar-refractivity contribution in [1.82, 2.24) is 9.55 Å². The number of imidazole rings is 1. The topological polar surface area (TPSA) is 17.8 Å². The highest BCUT2D eigenvalue weighted by atomic mass is 15.1. The van der Waals surface area contributed by atoms with E-state index in [2.05, 4.69) is 68.6 Å². The minimum Gasteiger partial charge on any atom is -0.335 e. The molecule has 0 aliphatic heterocycles. The minimum absolute atomic E-state index is 0.480. The molecule has 0 saturated heterocycles. The van der Waals surface area contributed by atoms with Crippen molar-refractivity contribution in [2.45, 2.75) is 46.0 Å². The van der Waals surface area contributed by atoms with Gasteiger partial charge >= 0.3 is 0 Å². The van der Waals surface area contributed by atoms with Crippen LogP contribution in [0.5, 0.6) is 0 Å². The van der Waals surface area contributed by atoms with Gasteiger partial charge in [0.1, 0.15) is 5.82 Å². The first kappa shape index (κ1) is 13.9. The van der Waals surface area contributed by atoms with Crippen LogP contribution in [0.4, 0.5) is 0 Å². The summed E-state index contributed by atoms with van der Waals surface area (Å²) in [6.45, 7) is 8.82. The van der Waals surface area contributed by atoms with Crippen LogP contribution < -0.4 is 0 Å². The number of nitrogens with zero attached hydrogens (tertiary/aromatic N) is 2. The number of benzene rings is 1. The van der Waals surface area contributed by atoms with Gasteiger partial charge in [-0.25, -0.2) is 4.98 Å². The fraction of sp³-hybridized carbons (Fsp3) is 0.471. The molecule has 1 aromatic carbocycles. The van der Waals surface area contributed by atoms with Gasteiger partial charge in [-0.15, -0.1) is 0 Å². The number of hydrogen-bond donors (Lipinski definition) is 0. The van der Waals surface area contributed by atoms with Crippen LogP contribution in [0.25, 0.3) is 0 Å². The van der Waals surface area contributed by atoms with E-state index < -0.39 is 0 Å². The molecule has 0 spiro atoms. The van der Waals surface area contributed by atoms with Crippen molar-refractivity contribution in [2.24, 2.45) is 7.05 Å². The molecule has 1 unspecified atom stereocenters. The van der Waals surface area contributed by atoms with Crippen molar-refractivity contribution in [1.29, 1.82) is 0 Å². The molecule has 2 aromatic rings. The molecule has 1 heterocycles. The normalized spacial score (nSPS) is 12.9. The number of rotatable bonds is 4. The second-order valence-electron chi connectivity index (χ2n) is 5.84. The van der Waals surface area contributed by atoms with Crippen molar-refractivity contribution in [2.75, 3.05) is 0 Å². The summed E-state index contributed by atoms with van der Waals surface area (Å²) in [5.41, 5.74) is 4.06. The zero-order valence-corrected chi connectivity index (χ0v) is 12.6. The van der Waals surface area contributed by atoms with E-state index in [0.717, 1.165) is 6.42 Å². The van der Waals surface area contributed by atoms with E-state index in [-0.39, 0.29) is 0 Å². The van der Waals surface area contributed by atoms with Crippen LogP contribution in [-0.2, 0) is 13.5 Å². The van der Waals surface area contributed by atoms with Gasteiger partial charge in [0.2, 0.25) is 0 Å². The molecule has 1 aromatic heterocycles. The standard InChI is InChI=1S/C17H24N2/c1-12(2)17-18-11-16(19(17)5)10-14(4)15-8-6-7-13(3)9-15/h6-9,11-12,14H,10H2,1-5H3. The molecular weight excluding hydrogens is 232 g/mol. The maximum Gasteiger partial charge on any atom is 0.111 e. The molecule has 0 saturated carbocycles. The zero-order chi connectivity index (χ0) is 14.0. The van der Waals surface area contributed by atoms with Gasteiger partial charge in [-0.2, -0.15) is 0 Å². The van der Waals surface area contributed by atoms with Gasteiger partial charge in [-0.05, 0) is 24.8 Å². The lowest BCUT2D eigenvalue weighted by Gasteiger charge is -2.14. The molecule has 2 rings (SSSR count). The fourth-order valence-electron chi connectivity index (χ4n) is 2.60. The summed E-state index contributed by atoms with van der Waals surface area (Å²) in [4.78, 5) is 4.54.